The molecule has 1 N–H and O–H groups in total. The summed E-state index contributed by atoms with van der Waals surface area (Å²) in [5, 5.41) is 5.91. The van der Waals surface area contributed by atoms with Crippen molar-refractivity contribution in [2.24, 2.45) is 0 Å². The van der Waals surface area contributed by atoms with Crippen molar-refractivity contribution in [3.63, 3.8) is 0 Å². The maximum Gasteiger partial charge on any atom is 0.0300 e. The Labute approximate surface area is 137 Å². The molecule has 1 aromatic carbocycles. The molecule has 1 heterocycles. The molecule has 1 aromatic heterocycles. The van der Waals surface area contributed by atoms with E-state index in [1.54, 1.807) is 0 Å². The van der Waals surface area contributed by atoms with Crippen molar-refractivity contribution in [1.29, 1.82) is 0 Å². The molecular formula is C18H25NS2. The first-order valence-corrected chi connectivity index (χ1v) is 9.72. The van der Waals surface area contributed by atoms with Crippen LogP contribution in [0.5, 0.6) is 0 Å². The molecule has 0 spiro atoms. The van der Waals surface area contributed by atoms with Gasteiger partial charge in [0, 0.05) is 22.7 Å². The molecule has 3 heteroatoms. The van der Waals surface area contributed by atoms with E-state index in [2.05, 4.69) is 67.2 Å². The lowest BCUT2D eigenvalue weighted by Crippen LogP contribution is -2.36. The zero-order valence-electron chi connectivity index (χ0n) is 13.2. The number of benzene rings is 1. The van der Waals surface area contributed by atoms with Crippen LogP contribution in [0.2, 0.25) is 0 Å². The van der Waals surface area contributed by atoms with Crippen LogP contribution in [0.15, 0.2) is 41.8 Å². The summed E-state index contributed by atoms with van der Waals surface area (Å²) in [5.41, 5.74) is 2.64. The molecular weight excluding hydrogens is 294 g/mol. The molecule has 2 rings (SSSR count). The lowest BCUT2D eigenvalue weighted by Gasteiger charge is -2.29. The Balaban J connectivity index is 1.92. The molecule has 0 radical (unpaired) electrons. The van der Waals surface area contributed by atoms with Crippen molar-refractivity contribution < 1.29 is 0 Å². The second-order valence-corrected chi connectivity index (χ2v) is 7.64. The summed E-state index contributed by atoms with van der Waals surface area (Å²) >= 11 is 3.84. The van der Waals surface area contributed by atoms with Gasteiger partial charge in [-0.25, -0.2) is 0 Å². The van der Waals surface area contributed by atoms with E-state index in [4.69, 9.17) is 0 Å². The van der Waals surface area contributed by atoms with Crippen molar-refractivity contribution in [3.8, 4) is 11.1 Å². The summed E-state index contributed by atoms with van der Waals surface area (Å²) in [4.78, 5) is 1.41. The summed E-state index contributed by atoms with van der Waals surface area (Å²) < 4.78 is 0.388. The third-order valence-corrected chi connectivity index (χ3v) is 6.75. The Morgan fingerprint density at radius 2 is 1.81 bits per heavy atom. The molecule has 0 aliphatic carbocycles. The number of hydrogen-bond acceptors (Lipinski definition) is 3. The molecule has 0 atom stereocenters. The zero-order chi connectivity index (χ0) is 15.1. The summed E-state index contributed by atoms with van der Waals surface area (Å²) in [7, 11) is 0. The fraction of sp³-hybridized carbons (Fsp3) is 0.444. The van der Waals surface area contributed by atoms with Crippen molar-refractivity contribution in [2.45, 2.75) is 38.0 Å². The van der Waals surface area contributed by atoms with Gasteiger partial charge in [-0.3, -0.25) is 0 Å². The van der Waals surface area contributed by atoms with Gasteiger partial charge in [0.15, 0.2) is 0 Å². The minimum absolute atomic E-state index is 0.388. The summed E-state index contributed by atoms with van der Waals surface area (Å²) in [6.45, 7) is 6.64. The second-order valence-electron chi connectivity index (χ2n) is 5.37. The van der Waals surface area contributed by atoms with Gasteiger partial charge < -0.3 is 5.32 Å². The van der Waals surface area contributed by atoms with Crippen molar-refractivity contribution in [1.82, 2.24) is 5.32 Å². The number of rotatable bonds is 8. The number of thiophene rings is 1. The highest BCUT2D eigenvalue weighted by molar-refractivity contribution is 8.00. The van der Waals surface area contributed by atoms with Crippen molar-refractivity contribution >= 4 is 23.1 Å². The van der Waals surface area contributed by atoms with Crippen LogP contribution in [-0.4, -0.2) is 17.5 Å². The Morgan fingerprint density at radius 1 is 1.10 bits per heavy atom. The molecule has 1 nitrogen and oxygen atoms in total. The fourth-order valence-corrected chi connectivity index (χ4v) is 4.22. The third-order valence-electron chi connectivity index (χ3n) is 4.23. The van der Waals surface area contributed by atoms with Gasteiger partial charge >= 0.3 is 0 Å². The maximum atomic E-state index is 3.65. The second kappa shape index (κ2) is 8.02. The SMILES string of the molecule is CCC(CC)(CNCc1cc(-c2ccccc2)cs1)SC. The first-order valence-electron chi connectivity index (χ1n) is 7.61. The molecule has 0 saturated carbocycles. The topological polar surface area (TPSA) is 12.0 Å². The Bertz CT molecular complexity index is 521. The largest absolute Gasteiger partial charge is 0.310 e. The lowest BCUT2D eigenvalue weighted by molar-refractivity contribution is 0.496. The first kappa shape index (κ1) is 16.6. The van der Waals surface area contributed by atoms with E-state index >= 15 is 0 Å². The maximum absolute atomic E-state index is 3.65. The monoisotopic (exact) mass is 319 g/mol. The normalized spacial score (nSPS) is 11.8. The molecule has 0 amide bonds. The number of nitrogens with one attached hydrogen (secondary N) is 1. The van der Waals surface area contributed by atoms with Crippen LogP contribution in [0.3, 0.4) is 0 Å². The van der Waals surface area contributed by atoms with Crippen LogP contribution in [0.1, 0.15) is 31.6 Å². The molecule has 0 saturated heterocycles. The molecule has 0 bridgehead atoms. The first-order chi connectivity index (χ1) is 10.2. The van der Waals surface area contributed by atoms with Crippen molar-refractivity contribution in [2.75, 3.05) is 12.8 Å². The lowest BCUT2D eigenvalue weighted by atomic mass is 10.0. The Morgan fingerprint density at radius 3 is 2.43 bits per heavy atom. The molecule has 0 aliphatic rings. The van der Waals surface area contributed by atoms with Gasteiger partial charge in [0.2, 0.25) is 0 Å². The van der Waals surface area contributed by atoms with Crippen LogP contribution >= 0.6 is 23.1 Å². The van der Waals surface area contributed by atoms with Gasteiger partial charge in [-0.15, -0.1) is 11.3 Å². The van der Waals surface area contributed by atoms with Gasteiger partial charge in [0.25, 0.3) is 0 Å². The molecule has 21 heavy (non-hydrogen) atoms. The third kappa shape index (κ3) is 4.35. The quantitative estimate of drug-likeness (QED) is 0.696. The van der Waals surface area contributed by atoms with Crippen LogP contribution in [0.25, 0.3) is 11.1 Å². The highest BCUT2D eigenvalue weighted by Gasteiger charge is 2.24. The summed E-state index contributed by atoms with van der Waals surface area (Å²) in [6.07, 6.45) is 4.67. The summed E-state index contributed by atoms with van der Waals surface area (Å²) in [6, 6.07) is 12.9. The van der Waals surface area contributed by atoms with Crippen LogP contribution < -0.4 is 5.32 Å². The van der Waals surface area contributed by atoms with Crippen molar-refractivity contribution in [3.05, 3.63) is 46.7 Å². The predicted octanol–water partition coefficient (Wildman–Crippen LogP) is 5.43. The van der Waals surface area contributed by atoms with E-state index < -0.39 is 0 Å². The molecule has 0 aliphatic heterocycles. The predicted molar refractivity (Wildman–Crippen MR) is 98.3 cm³/mol. The Kier molecular flexibility index (Phi) is 6.34. The minimum atomic E-state index is 0.388. The number of thioether (sulfide) groups is 1. The number of hydrogen-bond donors (Lipinski definition) is 1. The van der Waals surface area contributed by atoms with Gasteiger partial charge in [-0.05, 0) is 41.7 Å². The fourth-order valence-electron chi connectivity index (χ4n) is 2.53. The van der Waals surface area contributed by atoms with Gasteiger partial charge in [0.05, 0.1) is 0 Å². The van der Waals surface area contributed by atoms with Crippen LogP contribution in [0, 0.1) is 0 Å². The van der Waals surface area contributed by atoms with E-state index in [0.29, 0.717) is 4.75 Å². The van der Waals surface area contributed by atoms with Gasteiger partial charge in [0.1, 0.15) is 0 Å². The molecule has 114 valence electrons. The highest BCUT2D eigenvalue weighted by atomic mass is 32.2. The summed E-state index contributed by atoms with van der Waals surface area (Å²) in [5.74, 6) is 0. The average molecular weight is 320 g/mol. The van der Waals surface area contributed by atoms with E-state index in [0.717, 1.165) is 13.1 Å². The van der Waals surface area contributed by atoms with E-state index in [1.807, 2.05) is 23.1 Å². The average Bonchev–Trinajstić information content (AvgIpc) is 3.02. The van der Waals surface area contributed by atoms with Gasteiger partial charge in [-0.2, -0.15) is 11.8 Å². The standard InChI is InChI=1S/C18H25NS2/c1-4-18(5-2,20-3)14-19-12-17-11-16(13-21-17)15-9-7-6-8-10-15/h6-11,13,19H,4-5,12,14H2,1-3H3. The molecule has 0 unspecified atom stereocenters. The smallest absolute Gasteiger partial charge is 0.0300 e. The van der Waals surface area contributed by atoms with Gasteiger partial charge in [-0.1, -0.05) is 44.2 Å². The Hall–Kier alpha value is -0.770. The van der Waals surface area contributed by atoms with E-state index in [1.165, 1.54) is 28.8 Å². The van der Waals surface area contributed by atoms with E-state index in [9.17, 15) is 0 Å². The minimum Gasteiger partial charge on any atom is -0.310 e. The van der Waals surface area contributed by atoms with E-state index in [-0.39, 0.29) is 0 Å². The van der Waals surface area contributed by atoms with Crippen LogP contribution in [-0.2, 0) is 6.54 Å². The molecule has 2 aromatic rings. The highest BCUT2D eigenvalue weighted by Crippen LogP contribution is 2.30. The van der Waals surface area contributed by atoms with Crippen LogP contribution in [0.4, 0.5) is 0 Å². The zero-order valence-corrected chi connectivity index (χ0v) is 14.8. The molecule has 0 fully saturated rings.